The fourth-order valence-corrected chi connectivity index (χ4v) is 2.98. The molecule has 0 fully saturated rings. The highest BCUT2D eigenvalue weighted by atomic mass is 32.2. The highest BCUT2D eigenvalue weighted by Crippen LogP contribution is 2.23. The predicted molar refractivity (Wildman–Crippen MR) is 79.3 cm³/mol. The number of fused-ring (bicyclic) bond motifs is 1. The van der Waals surface area contributed by atoms with Gasteiger partial charge in [-0.25, -0.2) is 8.42 Å². The van der Waals surface area contributed by atoms with Crippen molar-refractivity contribution in [3.8, 4) is 0 Å². The molecule has 1 aliphatic heterocycles. The lowest BCUT2D eigenvalue weighted by atomic mass is 10.0. The van der Waals surface area contributed by atoms with Crippen LogP contribution in [0, 0.1) is 0 Å². The van der Waals surface area contributed by atoms with E-state index in [4.69, 9.17) is 0 Å². The van der Waals surface area contributed by atoms with Crippen molar-refractivity contribution in [1.29, 1.82) is 0 Å². The minimum Gasteiger partial charge on any atom is -0.385 e. The first-order chi connectivity index (χ1) is 8.94. The summed E-state index contributed by atoms with van der Waals surface area (Å²) in [7, 11) is -0.916. The van der Waals surface area contributed by atoms with E-state index in [0.29, 0.717) is 6.54 Å². The van der Waals surface area contributed by atoms with E-state index < -0.39 is 9.84 Å². The van der Waals surface area contributed by atoms with Crippen LogP contribution >= 0.6 is 0 Å². The van der Waals surface area contributed by atoms with Gasteiger partial charge in [0.25, 0.3) is 0 Å². The SMILES string of the molecule is CN(CCS(C)(=O)=O)Cc1ccc2c(c1)CCCN2. The first kappa shape index (κ1) is 14.3. The van der Waals surface area contributed by atoms with Gasteiger partial charge in [-0.1, -0.05) is 12.1 Å². The van der Waals surface area contributed by atoms with Gasteiger partial charge in [-0.15, -0.1) is 0 Å². The molecule has 0 bridgehead atoms. The zero-order chi connectivity index (χ0) is 13.9. The number of benzene rings is 1. The Hall–Kier alpha value is -1.07. The number of anilines is 1. The van der Waals surface area contributed by atoms with Crippen molar-refractivity contribution in [2.45, 2.75) is 19.4 Å². The lowest BCUT2D eigenvalue weighted by Crippen LogP contribution is -2.25. The van der Waals surface area contributed by atoms with E-state index in [2.05, 4.69) is 28.4 Å². The van der Waals surface area contributed by atoms with Crippen LogP contribution in [-0.2, 0) is 22.8 Å². The normalized spacial score (nSPS) is 15.1. The van der Waals surface area contributed by atoms with Crippen molar-refractivity contribution in [3.63, 3.8) is 0 Å². The van der Waals surface area contributed by atoms with Crippen LogP contribution in [0.1, 0.15) is 17.5 Å². The third kappa shape index (κ3) is 4.51. The second-order valence-electron chi connectivity index (χ2n) is 5.39. The first-order valence-electron chi connectivity index (χ1n) is 6.66. The van der Waals surface area contributed by atoms with Crippen LogP contribution < -0.4 is 5.32 Å². The number of nitrogens with zero attached hydrogens (tertiary/aromatic N) is 1. The van der Waals surface area contributed by atoms with Crippen molar-refractivity contribution in [1.82, 2.24) is 4.90 Å². The first-order valence-corrected chi connectivity index (χ1v) is 8.72. The summed E-state index contributed by atoms with van der Waals surface area (Å²) in [6.45, 7) is 2.43. The molecule has 106 valence electrons. The molecule has 0 aromatic heterocycles. The molecular weight excluding hydrogens is 260 g/mol. The minimum atomic E-state index is -2.88. The van der Waals surface area contributed by atoms with Crippen LogP contribution in [0.25, 0.3) is 0 Å². The van der Waals surface area contributed by atoms with Crippen LogP contribution in [0.15, 0.2) is 18.2 Å². The monoisotopic (exact) mass is 282 g/mol. The molecule has 0 amide bonds. The summed E-state index contributed by atoms with van der Waals surface area (Å²) in [6, 6.07) is 6.49. The second kappa shape index (κ2) is 5.92. The van der Waals surface area contributed by atoms with Crippen molar-refractivity contribution >= 4 is 15.5 Å². The van der Waals surface area contributed by atoms with Gasteiger partial charge in [-0.05, 0) is 37.1 Å². The van der Waals surface area contributed by atoms with Gasteiger partial charge in [0.05, 0.1) is 5.75 Å². The smallest absolute Gasteiger partial charge is 0.148 e. The molecule has 19 heavy (non-hydrogen) atoms. The molecule has 1 aromatic rings. The van der Waals surface area contributed by atoms with E-state index in [1.165, 1.54) is 29.5 Å². The Morgan fingerprint density at radius 1 is 1.37 bits per heavy atom. The second-order valence-corrected chi connectivity index (χ2v) is 7.65. The van der Waals surface area contributed by atoms with Crippen LogP contribution in [0.2, 0.25) is 0 Å². The molecule has 0 spiro atoms. The molecule has 1 aliphatic rings. The van der Waals surface area contributed by atoms with Gasteiger partial charge in [0, 0.05) is 31.6 Å². The van der Waals surface area contributed by atoms with E-state index in [9.17, 15) is 8.42 Å². The lowest BCUT2D eigenvalue weighted by molar-refractivity contribution is 0.346. The molecule has 0 atom stereocenters. The van der Waals surface area contributed by atoms with Gasteiger partial charge in [-0.3, -0.25) is 0 Å². The van der Waals surface area contributed by atoms with Crippen molar-refractivity contribution in [2.75, 3.05) is 37.5 Å². The molecular formula is C14H22N2O2S. The number of hydrogen-bond acceptors (Lipinski definition) is 4. The number of rotatable bonds is 5. The molecule has 2 rings (SSSR count). The maximum atomic E-state index is 11.1. The summed E-state index contributed by atoms with van der Waals surface area (Å²) < 4.78 is 22.3. The molecule has 1 heterocycles. The highest BCUT2D eigenvalue weighted by Gasteiger charge is 2.10. The number of nitrogens with one attached hydrogen (secondary N) is 1. The van der Waals surface area contributed by atoms with Gasteiger partial charge >= 0.3 is 0 Å². The quantitative estimate of drug-likeness (QED) is 0.889. The average Bonchev–Trinajstić information content (AvgIpc) is 2.35. The summed E-state index contributed by atoms with van der Waals surface area (Å²) in [6.07, 6.45) is 3.59. The van der Waals surface area contributed by atoms with E-state index in [-0.39, 0.29) is 5.75 Å². The molecule has 5 heteroatoms. The third-order valence-electron chi connectivity index (χ3n) is 3.40. The summed E-state index contributed by atoms with van der Waals surface area (Å²) in [4.78, 5) is 2.05. The zero-order valence-corrected chi connectivity index (χ0v) is 12.5. The largest absolute Gasteiger partial charge is 0.385 e. The minimum absolute atomic E-state index is 0.218. The molecule has 1 aromatic carbocycles. The van der Waals surface area contributed by atoms with E-state index in [1.54, 1.807) is 0 Å². The number of hydrogen-bond donors (Lipinski definition) is 1. The Morgan fingerprint density at radius 2 is 2.16 bits per heavy atom. The topological polar surface area (TPSA) is 49.4 Å². The molecule has 0 radical (unpaired) electrons. The summed E-state index contributed by atoms with van der Waals surface area (Å²) in [5.74, 6) is 0.218. The lowest BCUT2D eigenvalue weighted by Gasteiger charge is -2.21. The Morgan fingerprint density at radius 3 is 2.89 bits per heavy atom. The van der Waals surface area contributed by atoms with Crippen LogP contribution in [0.4, 0.5) is 5.69 Å². The molecule has 0 unspecified atom stereocenters. The molecule has 0 saturated heterocycles. The van der Waals surface area contributed by atoms with Crippen molar-refractivity contribution in [3.05, 3.63) is 29.3 Å². The molecule has 0 aliphatic carbocycles. The summed E-state index contributed by atoms with van der Waals surface area (Å²) in [5.41, 5.74) is 3.87. The van der Waals surface area contributed by atoms with Gasteiger partial charge < -0.3 is 10.2 Å². The average molecular weight is 282 g/mol. The van der Waals surface area contributed by atoms with Crippen LogP contribution in [-0.4, -0.2) is 45.5 Å². The van der Waals surface area contributed by atoms with Crippen LogP contribution in [0.3, 0.4) is 0 Å². The van der Waals surface area contributed by atoms with Gasteiger partial charge in [0.15, 0.2) is 0 Å². The zero-order valence-electron chi connectivity index (χ0n) is 11.6. The molecule has 4 nitrogen and oxygen atoms in total. The van der Waals surface area contributed by atoms with Crippen LogP contribution in [0.5, 0.6) is 0 Å². The van der Waals surface area contributed by atoms with Gasteiger partial charge in [0.1, 0.15) is 9.84 Å². The Labute approximate surface area is 115 Å². The fraction of sp³-hybridized carbons (Fsp3) is 0.571. The summed E-state index contributed by atoms with van der Waals surface area (Å²) in [5, 5.41) is 3.40. The van der Waals surface area contributed by atoms with Gasteiger partial charge in [-0.2, -0.15) is 0 Å². The molecule has 1 N–H and O–H groups in total. The summed E-state index contributed by atoms with van der Waals surface area (Å²) >= 11 is 0. The maximum absolute atomic E-state index is 11.1. The van der Waals surface area contributed by atoms with Crippen molar-refractivity contribution < 1.29 is 8.42 Å². The predicted octanol–water partition coefficient (Wildman–Crippen LogP) is 1.52. The third-order valence-corrected chi connectivity index (χ3v) is 4.33. The number of sulfone groups is 1. The Balaban J connectivity index is 1.95. The maximum Gasteiger partial charge on any atom is 0.148 e. The number of aryl methyl sites for hydroxylation is 1. The van der Waals surface area contributed by atoms with Gasteiger partial charge in [0.2, 0.25) is 0 Å². The molecule has 0 saturated carbocycles. The van der Waals surface area contributed by atoms with E-state index >= 15 is 0 Å². The Kier molecular flexibility index (Phi) is 4.47. The highest BCUT2D eigenvalue weighted by molar-refractivity contribution is 7.90. The van der Waals surface area contributed by atoms with Crippen molar-refractivity contribution in [2.24, 2.45) is 0 Å². The van der Waals surface area contributed by atoms with E-state index in [0.717, 1.165) is 19.5 Å². The van der Waals surface area contributed by atoms with E-state index in [1.807, 2.05) is 7.05 Å². The standard InChI is InChI=1S/C14H22N2O2S/c1-16(8-9-19(2,17)18)11-12-5-6-14-13(10-12)4-3-7-15-14/h5-6,10,15H,3-4,7-9,11H2,1-2H3. The Bertz CT molecular complexity index is 540. The fourth-order valence-electron chi connectivity index (χ4n) is 2.34.